The van der Waals surface area contributed by atoms with E-state index in [0.717, 1.165) is 38.7 Å². The SMILES string of the molecule is C=CCN(CCOC)CC1NCCC1C. The number of rotatable bonds is 7. The second-order valence-electron chi connectivity index (χ2n) is 4.37. The van der Waals surface area contributed by atoms with Gasteiger partial charge in [0, 0.05) is 32.8 Å². The minimum Gasteiger partial charge on any atom is -0.383 e. The summed E-state index contributed by atoms with van der Waals surface area (Å²) in [4.78, 5) is 2.40. The standard InChI is InChI=1S/C12H24N2O/c1-4-7-14(8-9-15-3)10-12-11(2)5-6-13-12/h4,11-13H,1,5-10H2,2-3H3. The zero-order valence-electron chi connectivity index (χ0n) is 10.0. The van der Waals surface area contributed by atoms with Gasteiger partial charge in [-0.15, -0.1) is 6.58 Å². The number of hydrogen-bond donors (Lipinski definition) is 1. The minimum absolute atomic E-state index is 0.641. The van der Waals surface area contributed by atoms with Crippen LogP contribution < -0.4 is 5.32 Å². The molecule has 0 aliphatic carbocycles. The van der Waals surface area contributed by atoms with Crippen LogP contribution in [0.5, 0.6) is 0 Å². The lowest BCUT2D eigenvalue weighted by Gasteiger charge is -2.26. The third-order valence-electron chi connectivity index (χ3n) is 3.15. The molecule has 0 amide bonds. The predicted molar refractivity (Wildman–Crippen MR) is 64.1 cm³/mol. The number of methoxy groups -OCH3 is 1. The van der Waals surface area contributed by atoms with Crippen molar-refractivity contribution in [3.8, 4) is 0 Å². The molecule has 0 aromatic heterocycles. The Labute approximate surface area is 93.5 Å². The van der Waals surface area contributed by atoms with Gasteiger partial charge in [0.05, 0.1) is 6.61 Å². The highest BCUT2D eigenvalue weighted by molar-refractivity contribution is 4.85. The molecule has 1 aliphatic rings. The van der Waals surface area contributed by atoms with Gasteiger partial charge in [0.2, 0.25) is 0 Å². The number of nitrogens with zero attached hydrogens (tertiary/aromatic N) is 1. The van der Waals surface area contributed by atoms with Crippen molar-refractivity contribution in [3.05, 3.63) is 12.7 Å². The first kappa shape index (κ1) is 12.7. The van der Waals surface area contributed by atoms with Gasteiger partial charge in [0.1, 0.15) is 0 Å². The van der Waals surface area contributed by atoms with Crippen LogP contribution in [0.4, 0.5) is 0 Å². The Morgan fingerprint density at radius 2 is 2.40 bits per heavy atom. The first-order chi connectivity index (χ1) is 7.27. The Kier molecular flexibility index (Phi) is 5.91. The van der Waals surface area contributed by atoms with Gasteiger partial charge in [-0.3, -0.25) is 4.90 Å². The van der Waals surface area contributed by atoms with Crippen molar-refractivity contribution in [2.45, 2.75) is 19.4 Å². The molecule has 1 rings (SSSR count). The van der Waals surface area contributed by atoms with Crippen LogP contribution in [0.1, 0.15) is 13.3 Å². The van der Waals surface area contributed by atoms with E-state index in [1.807, 2.05) is 6.08 Å². The van der Waals surface area contributed by atoms with E-state index in [-0.39, 0.29) is 0 Å². The summed E-state index contributed by atoms with van der Waals surface area (Å²) in [5.74, 6) is 0.792. The van der Waals surface area contributed by atoms with E-state index in [1.54, 1.807) is 7.11 Å². The lowest BCUT2D eigenvalue weighted by Crippen LogP contribution is -2.41. The second-order valence-corrected chi connectivity index (χ2v) is 4.37. The van der Waals surface area contributed by atoms with E-state index < -0.39 is 0 Å². The van der Waals surface area contributed by atoms with E-state index in [2.05, 4.69) is 23.7 Å². The number of hydrogen-bond acceptors (Lipinski definition) is 3. The highest BCUT2D eigenvalue weighted by Gasteiger charge is 2.24. The molecule has 88 valence electrons. The van der Waals surface area contributed by atoms with Gasteiger partial charge < -0.3 is 10.1 Å². The minimum atomic E-state index is 0.641. The van der Waals surface area contributed by atoms with Crippen LogP contribution in [0.25, 0.3) is 0 Å². The average molecular weight is 212 g/mol. The Bertz CT molecular complexity index is 184. The summed E-state index contributed by atoms with van der Waals surface area (Å²) in [6.45, 7) is 11.1. The van der Waals surface area contributed by atoms with Crippen LogP contribution in [0, 0.1) is 5.92 Å². The van der Waals surface area contributed by atoms with Gasteiger partial charge in [0.15, 0.2) is 0 Å². The monoisotopic (exact) mass is 212 g/mol. The third-order valence-corrected chi connectivity index (χ3v) is 3.15. The predicted octanol–water partition coefficient (Wildman–Crippen LogP) is 1.12. The van der Waals surface area contributed by atoms with Crippen molar-refractivity contribution in [1.82, 2.24) is 10.2 Å². The molecule has 0 radical (unpaired) electrons. The van der Waals surface area contributed by atoms with Crippen molar-refractivity contribution >= 4 is 0 Å². The summed E-state index contributed by atoms with van der Waals surface area (Å²) < 4.78 is 5.11. The van der Waals surface area contributed by atoms with E-state index in [4.69, 9.17) is 4.74 Å². The summed E-state index contributed by atoms with van der Waals surface area (Å²) in [6.07, 6.45) is 3.27. The first-order valence-electron chi connectivity index (χ1n) is 5.83. The maximum absolute atomic E-state index is 5.11. The van der Waals surface area contributed by atoms with Crippen molar-refractivity contribution in [2.24, 2.45) is 5.92 Å². The van der Waals surface area contributed by atoms with Crippen molar-refractivity contribution in [1.29, 1.82) is 0 Å². The third kappa shape index (κ3) is 4.33. The lowest BCUT2D eigenvalue weighted by atomic mass is 10.0. The van der Waals surface area contributed by atoms with Gasteiger partial charge in [-0.25, -0.2) is 0 Å². The molecule has 1 heterocycles. The van der Waals surface area contributed by atoms with Crippen LogP contribution in [0.3, 0.4) is 0 Å². The summed E-state index contributed by atoms with van der Waals surface area (Å²) in [7, 11) is 1.75. The zero-order valence-corrected chi connectivity index (χ0v) is 10.0. The lowest BCUT2D eigenvalue weighted by molar-refractivity contribution is 0.146. The molecule has 2 atom stereocenters. The van der Waals surface area contributed by atoms with E-state index in [9.17, 15) is 0 Å². The topological polar surface area (TPSA) is 24.5 Å². The smallest absolute Gasteiger partial charge is 0.0589 e. The molecule has 15 heavy (non-hydrogen) atoms. The van der Waals surface area contributed by atoms with Gasteiger partial charge in [-0.05, 0) is 18.9 Å². The molecule has 0 aromatic rings. The molecule has 0 bridgehead atoms. The Balaban J connectivity index is 2.31. The maximum atomic E-state index is 5.11. The van der Waals surface area contributed by atoms with Crippen molar-refractivity contribution in [2.75, 3.05) is 39.9 Å². The molecular formula is C12H24N2O. The molecule has 2 unspecified atom stereocenters. The molecule has 1 aliphatic heterocycles. The average Bonchev–Trinajstić information content (AvgIpc) is 2.61. The van der Waals surface area contributed by atoms with Crippen molar-refractivity contribution < 1.29 is 4.74 Å². The molecule has 1 fully saturated rings. The van der Waals surface area contributed by atoms with Crippen molar-refractivity contribution in [3.63, 3.8) is 0 Å². The fourth-order valence-electron chi connectivity index (χ4n) is 2.08. The molecule has 0 saturated carbocycles. The van der Waals surface area contributed by atoms with Crippen LogP contribution in [0.15, 0.2) is 12.7 Å². The fourth-order valence-corrected chi connectivity index (χ4v) is 2.08. The summed E-state index contributed by atoms with van der Waals surface area (Å²) in [5, 5.41) is 3.55. The fraction of sp³-hybridized carbons (Fsp3) is 0.833. The molecular weight excluding hydrogens is 188 g/mol. The highest BCUT2D eigenvalue weighted by Crippen LogP contribution is 2.15. The molecule has 1 N–H and O–H groups in total. The normalized spacial score (nSPS) is 26.1. The highest BCUT2D eigenvalue weighted by atomic mass is 16.5. The van der Waals surface area contributed by atoms with Crippen LogP contribution >= 0.6 is 0 Å². The summed E-state index contributed by atoms with van der Waals surface area (Å²) >= 11 is 0. The van der Waals surface area contributed by atoms with Gasteiger partial charge >= 0.3 is 0 Å². The van der Waals surface area contributed by atoms with Gasteiger partial charge in [-0.1, -0.05) is 13.0 Å². The molecule has 0 spiro atoms. The van der Waals surface area contributed by atoms with Crippen LogP contribution in [0.2, 0.25) is 0 Å². The quantitative estimate of drug-likeness (QED) is 0.640. The maximum Gasteiger partial charge on any atom is 0.0589 e. The molecule has 0 aromatic carbocycles. The first-order valence-corrected chi connectivity index (χ1v) is 5.83. The summed E-state index contributed by atoms with van der Waals surface area (Å²) in [5.41, 5.74) is 0. The van der Waals surface area contributed by atoms with Gasteiger partial charge in [0.25, 0.3) is 0 Å². The second kappa shape index (κ2) is 6.99. The molecule has 3 heteroatoms. The largest absolute Gasteiger partial charge is 0.383 e. The Morgan fingerprint density at radius 1 is 1.60 bits per heavy atom. The van der Waals surface area contributed by atoms with Crippen LogP contribution in [-0.4, -0.2) is 50.8 Å². The Morgan fingerprint density at radius 3 is 2.93 bits per heavy atom. The molecule has 3 nitrogen and oxygen atoms in total. The van der Waals surface area contributed by atoms with Crippen LogP contribution in [-0.2, 0) is 4.74 Å². The van der Waals surface area contributed by atoms with Gasteiger partial charge in [-0.2, -0.15) is 0 Å². The number of nitrogens with one attached hydrogen (secondary N) is 1. The Hall–Kier alpha value is -0.380. The van der Waals surface area contributed by atoms with E-state index in [1.165, 1.54) is 6.42 Å². The summed E-state index contributed by atoms with van der Waals surface area (Å²) in [6, 6.07) is 0.641. The number of ether oxygens (including phenoxy) is 1. The van der Waals surface area contributed by atoms with E-state index >= 15 is 0 Å². The van der Waals surface area contributed by atoms with E-state index in [0.29, 0.717) is 6.04 Å². The zero-order chi connectivity index (χ0) is 11.1. The molecule has 1 saturated heterocycles.